The lowest BCUT2D eigenvalue weighted by molar-refractivity contribution is 0.0913. The van der Waals surface area contributed by atoms with Crippen LogP contribution in [0.2, 0.25) is 5.02 Å². The number of rotatable bonds is 5. The molecule has 0 saturated carbocycles. The molecule has 110 valence electrons. The Hall–Kier alpha value is -2.04. The molecule has 2 aromatic carbocycles. The van der Waals surface area contributed by atoms with Crippen molar-refractivity contribution in [3.8, 4) is 5.75 Å². The summed E-state index contributed by atoms with van der Waals surface area (Å²) in [4.78, 5) is 12.1. The number of hydrogen-bond donors (Lipinski definition) is 2. The van der Waals surface area contributed by atoms with Gasteiger partial charge in [0, 0.05) is 11.6 Å². The Labute approximate surface area is 128 Å². The normalized spacial score (nSPS) is 11.8. The molecule has 0 aromatic heterocycles. The van der Waals surface area contributed by atoms with E-state index in [0.29, 0.717) is 16.3 Å². The summed E-state index contributed by atoms with van der Waals surface area (Å²) in [6, 6.07) is 13.9. The van der Waals surface area contributed by atoms with Crippen LogP contribution in [0.3, 0.4) is 0 Å². The van der Waals surface area contributed by atoms with Gasteiger partial charge in [-0.15, -0.1) is 0 Å². The summed E-state index contributed by atoms with van der Waals surface area (Å²) in [6.45, 7) is 0.120. The van der Waals surface area contributed by atoms with Gasteiger partial charge in [-0.3, -0.25) is 4.79 Å². The highest BCUT2D eigenvalue weighted by Gasteiger charge is 2.14. The summed E-state index contributed by atoms with van der Waals surface area (Å²) in [5, 5.41) is 13.2. The van der Waals surface area contributed by atoms with Crippen molar-refractivity contribution in [2.75, 3.05) is 13.7 Å². The molecule has 0 fully saturated rings. The summed E-state index contributed by atoms with van der Waals surface area (Å²) >= 11 is 5.86. The lowest BCUT2D eigenvalue weighted by Crippen LogP contribution is -2.28. The summed E-state index contributed by atoms with van der Waals surface area (Å²) in [7, 11) is 1.47. The quantitative estimate of drug-likeness (QED) is 0.893. The number of ether oxygens (including phenoxy) is 1. The number of carbonyl (C=O) groups excluding carboxylic acids is 1. The van der Waals surface area contributed by atoms with Crippen LogP contribution >= 0.6 is 11.6 Å². The first-order valence-corrected chi connectivity index (χ1v) is 6.84. The Morgan fingerprint density at radius 1 is 1.29 bits per heavy atom. The van der Waals surface area contributed by atoms with Gasteiger partial charge in [-0.2, -0.15) is 0 Å². The Morgan fingerprint density at radius 3 is 2.67 bits per heavy atom. The van der Waals surface area contributed by atoms with Gasteiger partial charge >= 0.3 is 0 Å². The van der Waals surface area contributed by atoms with Gasteiger partial charge in [0.15, 0.2) is 0 Å². The molecule has 1 atom stereocenters. The van der Waals surface area contributed by atoms with Crippen molar-refractivity contribution < 1.29 is 14.6 Å². The molecule has 0 radical (unpaired) electrons. The molecule has 0 bridgehead atoms. The third kappa shape index (κ3) is 3.97. The van der Waals surface area contributed by atoms with Crippen molar-refractivity contribution in [1.29, 1.82) is 0 Å². The zero-order chi connectivity index (χ0) is 15.2. The smallest absolute Gasteiger partial charge is 0.255 e. The minimum atomic E-state index is -0.756. The highest BCUT2D eigenvalue weighted by Crippen LogP contribution is 2.23. The average molecular weight is 306 g/mol. The first-order valence-electron chi connectivity index (χ1n) is 6.46. The van der Waals surface area contributed by atoms with Gasteiger partial charge in [0.2, 0.25) is 0 Å². The molecule has 0 aliphatic rings. The molecule has 5 heteroatoms. The summed E-state index contributed by atoms with van der Waals surface area (Å²) in [5.74, 6) is 0.0766. The SMILES string of the molecule is COc1cc(Cl)ccc1C(=O)NCC(O)c1ccccc1. The van der Waals surface area contributed by atoms with Crippen LogP contribution in [0.1, 0.15) is 22.0 Å². The van der Waals surface area contributed by atoms with Crippen molar-refractivity contribution in [3.05, 3.63) is 64.7 Å². The van der Waals surface area contributed by atoms with E-state index in [1.807, 2.05) is 18.2 Å². The van der Waals surface area contributed by atoms with E-state index in [2.05, 4.69) is 5.32 Å². The number of amides is 1. The standard InChI is InChI=1S/C16H16ClNO3/c1-21-15-9-12(17)7-8-13(15)16(20)18-10-14(19)11-5-3-2-4-6-11/h2-9,14,19H,10H2,1H3,(H,18,20). The Balaban J connectivity index is 2.02. The van der Waals surface area contributed by atoms with Crippen molar-refractivity contribution in [1.82, 2.24) is 5.32 Å². The average Bonchev–Trinajstić information content (AvgIpc) is 2.52. The second-order valence-electron chi connectivity index (χ2n) is 4.48. The van der Waals surface area contributed by atoms with E-state index in [1.165, 1.54) is 7.11 Å². The largest absolute Gasteiger partial charge is 0.496 e. The number of halogens is 1. The molecular formula is C16H16ClNO3. The predicted molar refractivity (Wildman–Crippen MR) is 81.7 cm³/mol. The molecule has 1 unspecified atom stereocenters. The topological polar surface area (TPSA) is 58.6 Å². The minimum absolute atomic E-state index is 0.120. The van der Waals surface area contributed by atoms with Gasteiger partial charge in [0.05, 0.1) is 18.8 Å². The maximum Gasteiger partial charge on any atom is 0.255 e. The maximum absolute atomic E-state index is 12.1. The van der Waals surface area contributed by atoms with Crippen LogP contribution < -0.4 is 10.1 Å². The number of hydrogen-bond acceptors (Lipinski definition) is 3. The van der Waals surface area contributed by atoms with Gasteiger partial charge in [-0.05, 0) is 23.8 Å². The van der Waals surface area contributed by atoms with Gasteiger partial charge in [-0.25, -0.2) is 0 Å². The molecule has 2 N–H and O–H groups in total. The fourth-order valence-corrected chi connectivity index (χ4v) is 2.09. The van der Waals surface area contributed by atoms with E-state index in [1.54, 1.807) is 30.3 Å². The van der Waals surface area contributed by atoms with Crippen molar-refractivity contribution >= 4 is 17.5 Å². The number of aliphatic hydroxyl groups excluding tert-OH is 1. The fourth-order valence-electron chi connectivity index (χ4n) is 1.93. The molecule has 2 aromatic rings. The summed E-state index contributed by atoms with van der Waals surface area (Å²) in [6.07, 6.45) is -0.756. The first-order chi connectivity index (χ1) is 10.1. The van der Waals surface area contributed by atoms with Crippen molar-refractivity contribution in [2.45, 2.75) is 6.10 Å². The van der Waals surface area contributed by atoms with E-state index < -0.39 is 6.10 Å². The van der Waals surface area contributed by atoms with Crippen molar-refractivity contribution in [3.63, 3.8) is 0 Å². The highest BCUT2D eigenvalue weighted by molar-refractivity contribution is 6.30. The van der Waals surface area contributed by atoms with Gasteiger partial charge in [0.1, 0.15) is 5.75 Å². The summed E-state index contributed by atoms with van der Waals surface area (Å²) in [5.41, 5.74) is 1.13. The van der Waals surface area contributed by atoms with E-state index in [4.69, 9.17) is 16.3 Å². The first kappa shape index (κ1) is 15.4. The molecule has 1 amide bonds. The molecule has 2 rings (SSSR count). The van der Waals surface area contributed by atoms with Crippen LogP contribution in [0.25, 0.3) is 0 Å². The highest BCUT2D eigenvalue weighted by atomic mass is 35.5. The van der Waals surface area contributed by atoms with E-state index in [-0.39, 0.29) is 12.5 Å². The predicted octanol–water partition coefficient (Wildman–Crippen LogP) is 2.81. The molecular weight excluding hydrogens is 290 g/mol. The van der Waals surface area contributed by atoms with Crippen LogP contribution in [0, 0.1) is 0 Å². The zero-order valence-corrected chi connectivity index (χ0v) is 12.3. The molecule has 4 nitrogen and oxygen atoms in total. The number of nitrogens with one attached hydrogen (secondary N) is 1. The third-order valence-electron chi connectivity index (χ3n) is 3.05. The van der Waals surface area contributed by atoms with Crippen molar-refractivity contribution in [2.24, 2.45) is 0 Å². The van der Waals surface area contributed by atoms with Crippen LogP contribution in [0.4, 0.5) is 0 Å². The lowest BCUT2D eigenvalue weighted by Gasteiger charge is -2.13. The maximum atomic E-state index is 12.1. The van der Waals surface area contributed by atoms with Crippen LogP contribution in [0.15, 0.2) is 48.5 Å². The third-order valence-corrected chi connectivity index (χ3v) is 3.28. The second kappa shape index (κ2) is 7.11. The second-order valence-corrected chi connectivity index (χ2v) is 4.92. The Bertz CT molecular complexity index is 616. The minimum Gasteiger partial charge on any atom is -0.496 e. The van der Waals surface area contributed by atoms with Gasteiger partial charge in [0.25, 0.3) is 5.91 Å². The molecule has 0 spiro atoms. The van der Waals surface area contributed by atoms with Crippen LogP contribution in [0.5, 0.6) is 5.75 Å². The van der Waals surface area contributed by atoms with E-state index in [0.717, 1.165) is 5.56 Å². The number of carbonyl (C=O) groups is 1. The molecule has 21 heavy (non-hydrogen) atoms. The van der Waals surface area contributed by atoms with E-state index >= 15 is 0 Å². The van der Waals surface area contributed by atoms with Crippen LogP contribution in [-0.2, 0) is 0 Å². The van der Waals surface area contributed by atoms with Gasteiger partial charge in [-0.1, -0.05) is 41.9 Å². The fraction of sp³-hybridized carbons (Fsp3) is 0.188. The van der Waals surface area contributed by atoms with Crippen LogP contribution in [-0.4, -0.2) is 24.7 Å². The lowest BCUT2D eigenvalue weighted by atomic mass is 10.1. The van der Waals surface area contributed by atoms with Gasteiger partial charge < -0.3 is 15.2 Å². The monoisotopic (exact) mass is 305 g/mol. The Kier molecular flexibility index (Phi) is 5.20. The summed E-state index contributed by atoms with van der Waals surface area (Å²) < 4.78 is 5.13. The number of benzene rings is 2. The molecule has 0 aliphatic heterocycles. The molecule has 0 aliphatic carbocycles. The number of aliphatic hydroxyl groups is 1. The zero-order valence-electron chi connectivity index (χ0n) is 11.5. The molecule has 0 saturated heterocycles. The van der Waals surface area contributed by atoms with E-state index in [9.17, 15) is 9.90 Å². The number of methoxy groups -OCH3 is 1. The molecule has 0 heterocycles. The Morgan fingerprint density at radius 2 is 2.00 bits per heavy atom.